The van der Waals surface area contributed by atoms with Crippen LogP contribution in [0.3, 0.4) is 0 Å². The molecule has 4 rings (SSSR count). The Morgan fingerprint density at radius 1 is 0.791 bits per heavy atom. The molecule has 0 saturated heterocycles. The lowest BCUT2D eigenvalue weighted by atomic mass is 10.3. The van der Waals surface area contributed by atoms with Crippen LogP contribution >= 0.6 is 45.8 Å². The van der Waals surface area contributed by atoms with Gasteiger partial charge in [-0.3, -0.25) is 9.59 Å². The molecule has 0 aliphatic heterocycles. The fourth-order valence-corrected chi connectivity index (χ4v) is 6.46. The van der Waals surface area contributed by atoms with Crippen LogP contribution in [0.5, 0.6) is 0 Å². The molecule has 0 aliphatic carbocycles. The fourth-order valence-electron chi connectivity index (χ4n) is 3.73. The summed E-state index contributed by atoms with van der Waals surface area (Å²) in [6.45, 7) is 19.1. The van der Waals surface area contributed by atoms with Crippen LogP contribution in [0.15, 0.2) is 18.5 Å². The first-order valence-corrected chi connectivity index (χ1v) is 23.1. The summed E-state index contributed by atoms with van der Waals surface area (Å²) in [6.07, 6.45) is 3.76. The Balaban J connectivity index is 0.000000236. The summed E-state index contributed by atoms with van der Waals surface area (Å²) in [5.74, 6) is -0.372. The Labute approximate surface area is 278 Å². The summed E-state index contributed by atoms with van der Waals surface area (Å²) < 4.78 is 16.1. The number of fused-ring (bicyclic) bond motifs is 2. The number of carbonyl (C=O) groups excluding carboxylic acids is 2. The van der Waals surface area contributed by atoms with Gasteiger partial charge < -0.3 is 18.6 Å². The molecule has 10 nitrogen and oxygen atoms in total. The van der Waals surface area contributed by atoms with Crippen LogP contribution in [-0.4, -0.2) is 70.0 Å². The number of halogens is 3. The molecule has 0 bridgehead atoms. The van der Waals surface area contributed by atoms with Crippen molar-refractivity contribution in [1.29, 1.82) is 0 Å². The van der Waals surface area contributed by atoms with E-state index in [1.165, 1.54) is 13.8 Å². The highest BCUT2D eigenvalue weighted by molar-refractivity contribution is 14.1. The highest BCUT2D eigenvalue weighted by atomic mass is 127. The smallest absolute Gasteiger partial charge is 0.181 e. The maximum absolute atomic E-state index is 11.5. The van der Waals surface area contributed by atoms with E-state index in [1.807, 2.05) is 27.6 Å². The molecular formula is C28H39Cl2IN6O4Si2. The zero-order valence-corrected chi connectivity index (χ0v) is 31.6. The average Bonchev–Trinajstić information content (AvgIpc) is 3.41. The minimum Gasteiger partial charge on any atom is -0.361 e. The van der Waals surface area contributed by atoms with E-state index in [0.29, 0.717) is 35.8 Å². The molecule has 0 spiro atoms. The second-order valence-corrected chi connectivity index (χ2v) is 25.8. The molecule has 0 amide bonds. The van der Waals surface area contributed by atoms with E-state index in [1.54, 1.807) is 0 Å². The number of rotatable bonds is 12. The maximum atomic E-state index is 11.5. The first-order valence-electron chi connectivity index (χ1n) is 13.9. The maximum Gasteiger partial charge on any atom is 0.181 e. The summed E-state index contributed by atoms with van der Waals surface area (Å²) in [6, 6.07) is 4.05. The third-order valence-corrected chi connectivity index (χ3v) is 11.0. The lowest BCUT2D eigenvalue weighted by Crippen LogP contribution is -2.22. The van der Waals surface area contributed by atoms with E-state index in [4.69, 9.17) is 32.7 Å². The zero-order chi connectivity index (χ0) is 32.1. The van der Waals surface area contributed by atoms with E-state index in [9.17, 15) is 9.59 Å². The molecule has 0 radical (unpaired) electrons. The largest absolute Gasteiger partial charge is 0.361 e. The Bertz CT molecular complexity index is 1620. The van der Waals surface area contributed by atoms with E-state index in [2.05, 4.69) is 81.8 Å². The second-order valence-electron chi connectivity index (χ2n) is 12.6. The summed E-state index contributed by atoms with van der Waals surface area (Å²) in [7, 11) is -2.18. The van der Waals surface area contributed by atoms with E-state index < -0.39 is 16.1 Å². The van der Waals surface area contributed by atoms with E-state index in [-0.39, 0.29) is 33.3 Å². The van der Waals surface area contributed by atoms with Crippen molar-refractivity contribution in [3.05, 3.63) is 43.7 Å². The van der Waals surface area contributed by atoms with Crippen LogP contribution in [0.2, 0.25) is 61.7 Å². The molecule has 0 atom stereocenters. The van der Waals surface area contributed by atoms with Gasteiger partial charge in [0.1, 0.15) is 35.9 Å². The third kappa shape index (κ3) is 10.4. The Morgan fingerprint density at radius 3 is 1.79 bits per heavy atom. The summed E-state index contributed by atoms with van der Waals surface area (Å²) in [5, 5.41) is 0.273. The van der Waals surface area contributed by atoms with Crippen LogP contribution < -0.4 is 0 Å². The number of hydrogen-bond donors (Lipinski definition) is 0. The quantitative estimate of drug-likeness (QED) is 0.0620. The first kappa shape index (κ1) is 35.7. The summed E-state index contributed by atoms with van der Waals surface area (Å²) in [4.78, 5) is 40.1. The predicted molar refractivity (Wildman–Crippen MR) is 186 cm³/mol. The van der Waals surface area contributed by atoms with Gasteiger partial charge in [-0.1, -0.05) is 62.5 Å². The van der Waals surface area contributed by atoms with Gasteiger partial charge in [-0.2, -0.15) is 0 Å². The highest BCUT2D eigenvalue weighted by Crippen LogP contribution is 2.24. The van der Waals surface area contributed by atoms with Crippen LogP contribution in [0.1, 0.15) is 34.8 Å². The van der Waals surface area contributed by atoms with Crippen molar-refractivity contribution in [2.45, 2.75) is 78.7 Å². The van der Waals surface area contributed by atoms with Crippen molar-refractivity contribution in [2.24, 2.45) is 0 Å². The minimum absolute atomic E-state index is 0.136. The third-order valence-electron chi connectivity index (χ3n) is 6.27. The molecule has 0 saturated carbocycles. The molecule has 43 heavy (non-hydrogen) atoms. The van der Waals surface area contributed by atoms with Crippen molar-refractivity contribution in [1.82, 2.24) is 29.1 Å². The van der Waals surface area contributed by atoms with Gasteiger partial charge in [-0.05, 0) is 40.7 Å². The van der Waals surface area contributed by atoms with Crippen molar-refractivity contribution in [3.63, 3.8) is 0 Å². The Morgan fingerprint density at radius 2 is 1.28 bits per heavy atom. The normalized spacial score (nSPS) is 12.1. The molecule has 4 aromatic heterocycles. The van der Waals surface area contributed by atoms with Gasteiger partial charge in [-0.15, -0.1) is 0 Å². The molecule has 15 heteroatoms. The van der Waals surface area contributed by atoms with Gasteiger partial charge in [0.15, 0.2) is 33.2 Å². The number of nitrogens with zero attached hydrogens (tertiary/aromatic N) is 6. The molecule has 0 fully saturated rings. The Hall–Kier alpha value is -1.76. The Kier molecular flexibility index (Phi) is 12.5. The van der Waals surface area contributed by atoms with E-state index >= 15 is 0 Å². The van der Waals surface area contributed by atoms with Crippen molar-refractivity contribution in [2.75, 3.05) is 13.2 Å². The summed E-state index contributed by atoms with van der Waals surface area (Å²) >= 11 is 14.2. The van der Waals surface area contributed by atoms with E-state index in [0.717, 1.165) is 28.9 Å². The zero-order valence-electron chi connectivity index (χ0n) is 25.9. The van der Waals surface area contributed by atoms with Gasteiger partial charge in [0.25, 0.3) is 0 Å². The number of aromatic nitrogens is 6. The number of ether oxygens (including phenoxy) is 2. The molecule has 4 aromatic rings. The van der Waals surface area contributed by atoms with Crippen LogP contribution in [-0.2, 0) is 22.9 Å². The number of carbonyl (C=O) groups is 2. The average molecular weight is 778 g/mol. The number of ketones is 2. The van der Waals surface area contributed by atoms with Crippen LogP contribution in [0.25, 0.3) is 22.3 Å². The molecule has 234 valence electrons. The number of hydrogen-bond acceptors (Lipinski definition) is 8. The fraction of sp³-hybridized carbons (Fsp3) is 0.500. The van der Waals surface area contributed by atoms with Gasteiger partial charge in [0.2, 0.25) is 0 Å². The number of Topliss-reactive ketones (excluding diaryl/α,β-unsaturated/α-hetero) is 2. The lowest BCUT2D eigenvalue weighted by molar-refractivity contribution is 0.0897. The minimum atomic E-state index is -1.10. The first-order chi connectivity index (χ1) is 20.0. The topological polar surface area (TPSA) is 114 Å². The van der Waals surface area contributed by atoms with Gasteiger partial charge in [-0.25, -0.2) is 19.9 Å². The van der Waals surface area contributed by atoms with Gasteiger partial charge in [0.05, 0.1) is 3.57 Å². The van der Waals surface area contributed by atoms with Gasteiger partial charge >= 0.3 is 0 Å². The standard InChI is InChI=1S/C14H19ClIN3O2Si.C14H20ClN3O2Si/c1-9(20)11-13(15)18-14-12(17-11)10(16)7-19(14)8-21-5-6-22(2,3)4;1-10(19)12-13(15)17-14-11(16-12)5-6-18(14)9-20-7-8-21(2,3)4/h7H,5-6,8H2,1-4H3;5-6H,7-9H2,1-4H3. The molecule has 0 aromatic carbocycles. The molecule has 0 aliphatic rings. The summed E-state index contributed by atoms with van der Waals surface area (Å²) in [5.41, 5.74) is 3.04. The molecule has 0 N–H and O–H groups in total. The highest BCUT2D eigenvalue weighted by Gasteiger charge is 2.18. The molecule has 4 heterocycles. The monoisotopic (exact) mass is 776 g/mol. The predicted octanol–water partition coefficient (Wildman–Crippen LogP) is 7.80. The van der Waals surface area contributed by atoms with Crippen molar-refractivity contribution < 1.29 is 19.1 Å². The van der Waals surface area contributed by atoms with Crippen molar-refractivity contribution in [3.8, 4) is 0 Å². The van der Waals surface area contributed by atoms with Crippen molar-refractivity contribution >= 4 is 95.8 Å². The molecule has 0 unspecified atom stereocenters. The SMILES string of the molecule is CC(=O)c1nc2c(I)cn(COCC[Si](C)(C)C)c2nc1Cl.CC(=O)c1nc2ccn(COCC[Si](C)(C)C)c2nc1Cl. The van der Waals surface area contributed by atoms with Gasteiger partial charge in [0, 0.05) is 55.6 Å². The lowest BCUT2D eigenvalue weighted by Gasteiger charge is -2.15. The molecular weight excluding hydrogens is 738 g/mol. The van der Waals surface area contributed by atoms with Crippen LogP contribution in [0, 0.1) is 3.57 Å². The second kappa shape index (κ2) is 15.0. The van der Waals surface area contributed by atoms with Crippen LogP contribution in [0.4, 0.5) is 0 Å².